The van der Waals surface area contributed by atoms with E-state index in [1.807, 2.05) is 41.3 Å². The second-order valence-corrected chi connectivity index (χ2v) is 6.26. The second kappa shape index (κ2) is 4.45. The molecule has 0 saturated heterocycles. The molecule has 0 fully saturated rings. The molecule has 2 aliphatic heterocycles. The van der Waals surface area contributed by atoms with Gasteiger partial charge in [-0.2, -0.15) is 0 Å². The van der Waals surface area contributed by atoms with Crippen LogP contribution < -0.4 is 0 Å². The van der Waals surface area contributed by atoms with E-state index in [9.17, 15) is 4.79 Å². The van der Waals surface area contributed by atoms with Crippen molar-refractivity contribution in [3.8, 4) is 0 Å². The maximum absolute atomic E-state index is 12.9. The maximum Gasteiger partial charge on any atom is 0.256 e. The standard InChI is InChI=1S/C17H12INO/c18-14-8-4-3-7-13(14)17(20)19-15-9-10-16(19)12-6-2-1-5-11(12)15/h1-10,15-16H. The highest BCUT2D eigenvalue weighted by Gasteiger charge is 2.42. The van der Waals surface area contributed by atoms with Crippen molar-refractivity contribution in [1.29, 1.82) is 0 Å². The van der Waals surface area contributed by atoms with Crippen molar-refractivity contribution in [3.05, 3.63) is 80.9 Å². The van der Waals surface area contributed by atoms with Crippen LogP contribution in [0.1, 0.15) is 33.6 Å². The van der Waals surface area contributed by atoms with Gasteiger partial charge in [-0.1, -0.05) is 48.6 Å². The Kier molecular flexibility index (Phi) is 2.70. The van der Waals surface area contributed by atoms with Crippen LogP contribution in [0, 0.1) is 3.57 Å². The SMILES string of the molecule is O=C(c1ccccc1I)N1C2C=CC1c1ccccc12. The summed E-state index contributed by atoms with van der Waals surface area (Å²) in [4.78, 5) is 14.9. The summed E-state index contributed by atoms with van der Waals surface area (Å²) in [5.74, 6) is 0.117. The average Bonchev–Trinajstić information content (AvgIpc) is 3.04. The third-order valence-electron chi connectivity index (χ3n) is 4.05. The summed E-state index contributed by atoms with van der Waals surface area (Å²) in [6, 6.07) is 16.3. The summed E-state index contributed by atoms with van der Waals surface area (Å²) in [7, 11) is 0. The van der Waals surface area contributed by atoms with Crippen molar-refractivity contribution in [2.75, 3.05) is 0 Å². The molecule has 2 aliphatic rings. The van der Waals surface area contributed by atoms with Gasteiger partial charge < -0.3 is 4.90 Å². The molecule has 0 N–H and O–H groups in total. The lowest BCUT2D eigenvalue weighted by Gasteiger charge is -2.23. The van der Waals surface area contributed by atoms with Crippen molar-refractivity contribution in [2.24, 2.45) is 0 Å². The fourth-order valence-electron chi connectivity index (χ4n) is 3.15. The number of fused-ring (bicyclic) bond motifs is 5. The normalized spacial score (nSPS) is 22.1. The molecule has 0 saturated carbocycles. The van der Waals surface area contributed by atoms with Gasteiger partial charge in [-0.15, -0.1) is 0 Å². The second-order valence-electron chi connectivity index (χ2n) is 5.10. The summed E-state index contributed by atoms with van der Waals surface area (Å²) < 4.78 is 1.01. The van der Waals surface area contributed by atoms with E-state index in [2.05, 4.69) is 46.9 Å². The summed E-state index contributed by atoms with van der Waals surface area (Å²) in [6.45, 7) is 0. The first-order chi connectivity index (χ1) is 9.77. The monoisotopic (exact) mass is 373 g/mol. The molecule has 2 nitrogen and oxygen atoms in total. The van der Waals surface area contributed by atoms with Gasteiger partial charge >= 0.3 is 0 Å². The van der Waals surface area contributed by atoms with E-state index in [0.29, 0.717) is 0 Å². The van der Waals surface area contributed by atoms with Gasteiger partial charge in [0.15, 0.2) is 0 Å². The van der Waals surface area contributed by atoms with Crippen molar-refractivity contribution < 1.29 is 4.79 Å². The van der Waals surface area contributed by atoms with E-state index in [1.165, 1.54) is 11.1 Å². The third-order valence-corrected chi connectivity index (χ3v) is 4.99. The highest BCUT2D eigenvalue weighted by atomic mass is 127. The Morgan fingerprint density at radius 3 is 2.05 bits per heavy atom. The molecule has 20 heavy (non-hydrogen) atoms. The number of hydrogen-bond donors (Lipinski definition) is 0. The molecule has 0 spiro atoms. The van der Waals surface area contributed by atoms with Gasteiger partial charge in [-0.3, -0.25) is 4.79 Å². The van der Waals surface area contributed by atoms with Crippen LogP contribution in [0.3, 0.4) is 0 Å². The van der Waals surface area contributed by atoms with Gasteiger partial charge in [0.05, 0.1) is 17.6 Å². The zero-order chi connectivity index (χ0) is 13.7. The first-order valence-corrected chi connectivity index (χ1v) is 7.69. The van der Waals surface area contributed by atoms with E-state index in [1.54, 1.807) is 0 Å². The van der Waals surface area contributed by atoms with Crippen LogP contribution in [0.5, 0.6) is 0 Å². The zero-order valence-electron chi connectivity index (χ0n) is 10.7. The molecule has 0 aromatic heterocycles. The minimum absolute atomic E-state index is 0.0970. The fraction of sp³-hybridized carbons (Fsp3) is 0.118. The Hall–Kier alpha value is -1.62. The third kappa shape index (κ3) is 1.59. The van der Waals surface area contributed by atoms with Crippen LogP contribution in [-0.2, 0) is 0 Å². The molecule has 2 aromatic carbocycles. The summed E-state index contributed by atoms with van der Waals surface area (Å²) in [5, 5.41) is 0. The van der Waals surface area contributed by atoms with Gasteiger partial charge in [0.1, 0.15) is 0 Å². The van der Waals surface area contributed by atoms with Crippen LogP contribution in [-0.4, -0.2) is 10.8 Å². The first-order valence-electron chi connectivity index (χ1n) is 6.62. The molecule has 0 radical (unpaired) electrons. The minimum Gasteiger partial charge on any atom is -0.318 e. The van der Waals surface area contributed by atoms with Gasteiger partial charge in [-0.05, 0) is 45.9 Å². The predicted molar refractivity (Wildman–Crippen MR) is 86.4 cm³/mol. The maximum atomic E-state index is 12.9. The van der Waals surface area contributed by atoms with E-state index in [4.69, 9.17) is 0 Å². The quantitative estimate of drug-likeness (QED) is 0.545. The van der Waals surface area contributed by atoms with Crippen molar-refractivity contribution in [2.45, 2.75) is 12.1 Å². The minimum atomic E-state index is 0.0970. The topological polar surface area (TPSA) is 20.3 Å². The lowest BCUT2D eigenvalue weighted by Crippen LogP contribution is -2.29. The van der Waals surface area contributed by atoms with Crippen LogP contribution in [0.15, 0.2) is 60.7 Å². The molecule has 2 unspecified atom stereocenters. The smallest absolute Gasteiger partial charge is 0.256 e. The lowest BCUT2D eigenvalue weighted by atomic mass is 9.97. The molecule has 2 bridgehead atoms. The number of nitrogens with zero attached hydrogens (tertiary/aromatic N) is 1. The van der Waals surface area contributed by atoms with Gasteiger partial charge in [-0.25, -0.2) is 0 Å². The number of carbonyl (C=O) groups is 1. The number of hydrogen-bond acceptors (Lipinski definition) is 1. The van der Waals surface area contributed by atoms with E-state index >= 15 is 0 Å². The van der Waals surface area contributed by atoms with E-state index < -0.39 is 0 Å². The molecular formula is C17H12INO. The highest BCUT2D eigenvalue weighted by molar-refractivity contribution is 14.1. The molecule has 3 heteroatoms. The van der Waals surface area contributed by atoms with Gasteiger partial charge in [0, 0.05) is 3.57 Å². The Morgan fingerprint density at radius 2 is 1.45 bits per heavy atom. The summed E-state index contributed by atoms with van der Waals surface area (Å²) in [6.07, 6.45) is 4.28. The number of amides is 1. The number of carbonyl (C=O) groups excluding carboxylic acids is 1. The van der Waals surface area contributed by atoms with Crippen LogP contribution in [0.25, 0.3) is 0 Å². The molecule has 2 atom stereocenters. The van der Waals surface area contributed by atoms with Crippen LogP contribution in [0.4, 0.5) is 0 Å². The van der Waals surface area contributed by atoms with Crippen LogP contribution >= 0.6 is 22.6 Å². The Bertz CT molecular complexity index is 704. The molecule has 0 aliphatic carbocycles. The average molecular weight is 373 g/mol. The van der Waals surface area contributed by atoms with E-state index in [0.717, 1.165) is 9.13 Å². The largest absolute Gasteiger partial charge is 0.318 e. The van der Waals surface area contributed by atoms with Gasteiger partial charge in [0.2, 0.25) is 0 Å². The lowest BCUT2D eigenvalue weighted by molar-refractivity contribution is 0.0712. The van der Waals surface area contributed by atoms with Crippen LogP contribution in [0.2, 0.25) is 0 Å². The highest BCUT2D eigenvalue weighted by Crippen LogP contribution is 2.49. The summed E-state index contributed by atoms with van der Waals surface area (Å²) in [5.41, 5.74) is 3.32. The number of benzene rings is 2. The molecule has 2 aromatic rings. The Balaban J connectivity index is 1.77. The number of rotatable bonds is 1. The first kappa shape index (κ1) is 12.1. The predicted octanol–water partition coefficient (Wildman–Crippen LogP) is 4.10. The Morgan fingerprint density at radius 1 is 0.900 bits per heavy atom. The summed E-state index contributed by atoms with van der Waals surface area (Å²) >= 11 is 2.23. The van der Waals surface area contributed by atoms with Crippen molar-refractivity contribution in [3.63, 3.8) is 0 Å². The molecule has 98 valence electrons. The molecule has 2 heterocycles. The van der Waals surface area contributed by atoms with E-state index in [-0.39, 0.29) is 18.0 Å². The van der Waals surface area contributed by atoms with Crippen molar-refractivity contribution >= 4 is 28.5 Å². The molecular weight excluding hydrogens is 361 g/mol. The Labute approximate surface area is 131 Å². The van der Waals surface area contributed by atoms with Gasteiger partial charge in [0.25, 0.3) is 5.91 Å². The van der Waals surface area contributed by atoms with Crippen molar-refractivity contribution in [1.82, 2.24) is 4.90 Å². The fourth-order valence-corrected chi connectivity index (χ4v) is 3.77. The zero-order valence-corrected chi connectivity index (χ0v) is 12.8. The number of halogens is 1. The molecule has 4 rings (SSSR count). The molecule has 1 amide bonds.